The van der Waals surface area contributed by atoms with E-state index < -0.39 is 0 Å². The van der Waals surface area contributed by atoms with Gasteiger partial charge in [-0.1, -0.05) is 11.6 Å². The van der Waals surface area contributed by atoms with Gasteiger partial charge >= 0.3 is 0 Å². The monoisotopic (exact) mass is 263 g/mol. The van der Waals surface area contributed by atoms with Crippen molar-refractivity contribution in [2.45, 2.75) is 32.3 Å². The van der Waals surface area contributed by atoms with Crippen LogP contribution in [0.3, 0.4) is 0 Å². The van der Waals surface area contributed by atoms with Crippen molar-refractivity contribution >= 4 is 11.6 Å². The van der Waals surface area contributed by atoms with Crippen LogP contribution in [0.4, 0.5) is 5.69 Å². The molecule has 0 bridgehead atoms. The first-order valence-corrected chi connectivity index (χ1v) is 6.68. The van der Waals surface area contributed by atoms with Gasteiger partial charge in [0.05, 0.1) is 17.4 Å². The summed E-state index contributed by atoms with van der Waals surface area (Å²) in [6, 6.07) is 5.55. The predicted octanol–water partition coefficient (Wildman–Crippen LogP) is 1.58. The van der Waals surface area contributed by atoms with Crippen LogP contribution in [0.15, 0.2) is 18.2 Å². The molecule has 0 aromatic heterocycles. The van der Waals surface area contributed by atoms with Crippen LogP contribution in [-0.2, 0) is 4.74 Å². The number of benzene rings is 1. The van der Waals surface area contributed by atoms with E-state index in [1.807, 2.05) is 19.1 Å². The third-order valence-corrected chi connectivity index (χ3v) is 3.34. The molecular weight excluding hydrogens is 242 g/mol. The van der Waals surface area contributed by atoms with Gasteiger partial charge in [-0.05, 0) is 38.3 Å². The number of nitrogens with one attached hydrogen (secondary N) is 2. The summed E-state index contributed by atoms with van der Waals surface area (Å²) in [5.41, 5.74) is 4.78. The minimum atomic E-state index is -0.120. The number of carbonyl (C=O) groups excluding carboxylic acids is 1. The minimum absolute atomic E-state index is 0.120. The summed E-state index contributed by atoms with van der Waals surface area (Å²) < 4.78 is 5.59. The summed E-state index contributed by atoms with van der Waals surface area (Å²) in [6.45, 7) is 3.29. The molecule has 1 aliphatic rings. The molecule has 0 spiro atoms. The summed E-state index contributed by atoms with van der Waals surface area (Å²) >= 11 is 0. The number of nitrogens with two attached hydrogens (primary N) is 1. The fourth-order valence-corrected chi connectivity index (χ4v) is 2.24. The molecule has 2 rings (SSSR count). The molecule has 0 aliphatic carbocycles. The highest BCUT2D eigenvalue weighted by Gasteiger charge is 2.16. The molecule has 1 aromatic rings. The zero-order valence-electron chi connectivity index (χ0n) is 11.2. The lowest BCUT2D eigenvalue weighted by molar-refractivity contribution is 0.0169. The summed E-state index contributed by atoms with van der Waals surface area (Å²) in [4.78, 5) is 12.2. The Morgan fingerprint density at radius 1 is 1.47 bits per heavy atom. The van der Waals surface area contributed by atoms with E-state index >= 15 is 0 Å². The molecule has 5 heteroatoms. The van der Waals surface area contributed by atoms with Crippen molar-refractivity contribution in [3.63, 3.8) is 0 Å². The van der Waals surface area contributed by atoms with E-state index in [9.17, 15) is 4.79 Å². The van der Waals surface area contributed by atoms with E-state index in [2.05, 4.69) is 10.7 Å². The molecule has 1 amide bonds. The largest absolute Gasteiger partial charge is 0.376 e. The molecule has 1 atom stereocenters. The van der Waals surface area contributed by atoms with Crippen LogP contribution in [0.5, 0.6) is 0 Å². The number of hydrogen-bond donors (Lipinski definition) is 3. The van der Waals surface area contributed by atoms with Crippen LogP contribution in [-0.4, -0.2) is 25.2 Å². The summed E-state index contributed by atoms with van der Waals surface area (Å²) in [5, 5.41) is 2.91. The molecule has 104 valence electrons. The smallest absolute Gasteiger partial charge is 0.253 e. The van der Waals surface area contributed by atoms with Gasteiger partial charge in [0.2, 0.25) is 0 Å². The van der Waals surface area contributed by atoms with Gasteiger partial charge in [-0.25, -0.2) is 0 Å². The topological polar surface area (TPSA) is 76.4 Å². The number of hydrazine groups is 1. The van der Waals surface area contributed by atoms with E-state index in [0.29, 0.717) is 17.8 Å². The fourth-order valence-electron chi connectivity index (χ4n) is 2.24. The Hall–Kier alpha value is -1.59. The molecule has 1 unspecified atom stereocenters. The van der Waals surface area contributed by atoms with Crippen LogP contribution in [0.25, 0.3) is 0 Å². The van der Waals surface area contributed by atoms with Gasteiger partial charge < -0.3 is 15.5 Å². The van der Waals surface area contributed by atoms with Gasteiger partial charge in [-0.3, -0.25) is 10.6 Å². The maximum atomic E-state index is 12.2. The quantitative estimate of drug-likeness (QED) is 0.569. The first-order valence-electron chi connectivity index (χ1n) is 6.68. The Morgan fingerprint density at radius 2 is 2.32 bits per heavy atom. The van der Waals surface area contributed by atoms with Gasteiger partial charge in [-0.15, -0.1) is 0 Å². The van der Waals surface area contributed by atoms with Crippen molar-refractivity contribution in [1.82, 2.24) is 5.32 Å². The third kappa shape index (κ3) is 3.68. The molecule has 19 heavy (non-hydrogen) atoms. The number of carbonyl (C=O) groups is 1. The molecule has 1 heterocycles. The standard InChI is InChI=1S/C14H21N3O2/c1-10-5-6-13(17-15)12(8-10)14(18)16-9-11-4-2-3-7-19-11/h5-6,8,11,17H,2-4,7,9,15H2,1H3,(H,16,18). The highest BCUT2D eigenvalue weighted by atomic mass is 16.5. The summed E-state index contributed by atoms with van der Waals surface area (Å²) in [7, 11) is 0. The van der Waals surface area contributed by atoms with Gasteiger partial charge in [0.1, 0.15) is 0 Å². The lowest BCUT2D eigenvalue weighted by Crippen LogP contribution is -2.35. The van der Waals surface area contributed by atoms with E-state index in [0.717, 1.165) is 25.0 Å². The van der Waals surface area contributed by atoms with E-state index in [4.69, 9.17) is 10.6 Å². The molecule has 4 N–H and O–H groups in total. The molecule has 0 saturated carbocycles. The second-order valence-corrected chi connectivity index (χ2v) is 4.89. The van der Waals surface area contributed by atoms with Gasteiger partial charge in [0.25, 0.3) is 5.91 Å². The van der Waals surface area contributed by atoms with Gasteiger partial charge in [0.15, 0.2) is 0 Å². The molecule has 1 saturated heterocycles. The number of amides is 1. The van der Waals surface area contributed by atoms with Crippen LogP contribution < -0.4 is 16.6 Å². The molecular formula is C14H21N3O2. The SMILES string of the molecule is Cc1ccc(NN)c(C(=O)NCC2CCCCO2)c1. The number of aryl methyl sites for hydroxylation is 1. The second kappa shape index (κ2) is 6.54. The Labute approximate surface area is 113 Å². The van der Waals surface area contributed by atoms with Gasteiger partial charge in [0, 0.05) is 13.2 Å². The van der Waals surface area contributed by atoms with Crippen LogP contribution in [0, 0.1) is 6.92 Å². The Kier molecular flexibility index (Phi) is 4.76. The van der Waals surface area contributed by atoms with Gasteiger partial charge in [-0.2, -0.15) is 0 Å². The normalized spacial score (nSPS) is 18.9. The number of ether oxygens (including phenoxy) is 1. The molecule has 5 nitrogen and oxygen atoms in total. The molecule has 1 aliphatic heterocycles. The maximum absolute atomic E-state index is 12.2. The van der Waals surface area contributed by atoms with Crippen LogP contribution in [0.2, 0.25) is 0 Å². The summed E-state index contributed by atoms with van der Waals surface area (Å²) in [5.74, 6) is 5.30. The van der Waals surface area contributed by atoms with Crippen molar-refractivity contribution < 1.29 is 9.53 Å². The predicted molar refractivity (Wildman–Crippen MR) is 74.9 cm³/mol. The number of rotatable bonds is 4. The van der Waals surface area contributed by atoms with E-state index in [1.54, 1.807) is 6.07 Å². The molecule has 1 fully saturated rings. The molecule has 0 radical (unpaired) electrons. The lowest BCUT2D eigenvalue weighted by atomic mass is 10.1. The number of anilines is 1. The number of nitrogen functional groups attached to an aromatic ring is 1. The highest BCUT2D eigenvalue weighted by Crippen LogP contribution is 2.17. The summed E-state index contributed by atoms with van der Waals surface area (Å²) in [6.07, 6.45) is 3.43. The number of hydrogen-bond acceptors (Lipinski definition) is 4. The zero-order chi connectivity index (χ0) is 13.7. The second-order valence-electron chi connectivity index (χ2n) is 4.89. The van der Waals surface area contributed by atoms with Crippen LogP contribution >= 0.6 is 0 Å². The fraction of sp³-hybridized carbons (Fsp3) is 0.500. The highest BCUT2D eigenvalue weighted by molar-refractivity contribution is 5.99. The van der Waals surface area contributed by atoms with E-state index in [1.165, 1.54) is 6.42 Å². The van der Waals surface area contributed by atoms with E-state index in [-0.39, 0.29) is 12.0 Å². The average molecular weight is 263 g/mol. The third-order valence-electron chi connectivity index (χ3n) is 3.34. The Morgan fingerprint density at radius 3 is 3.00 bits per heavy atom. The van der Waals surface area contributed by atoms with Crippen molar-refractivity contribution in [3.05, 3.63) is 29.3 Å². The Balaban J connectivity index is 1.97. The maximum Gasteiger partial charge on any atom is 0.253 e. The first-order chi connectivity index (χ1) is 9.20. The molecule has 1 aromatic carbocycles. The average Bonchev–Trinajstić information content (AvgIpc) is 2.46. The minimum Gasteiger partial charge on any atom is -0.376 e. The Bertz CT molecular complexity index is 442. The van der Waals surface area contributed by atoms with Crippen molar-refractivity contribution in [2.75, 3.05) is 18.6 Å². The van der Waals surface area contributed by atoms with Crippen molar-refractivity contribution in [3.8, 4) is 0 Å². The zero-order valence-corrected chi connectivity index (χ0v) is 11.2. The van der Waals surface area contributed by atoms with Crippen molar-refractivity contribution in [1.29, 1.82) is 0 Å². The van der Waals surface area contributed by atoms with Crippen LogP contribution in [0.1, 0.15) is 35.2 Å². The van der Waals surface area contributed by atoms with Crippen molar-refractivity contribution in [2.24, 2.45) is 5.84 Å². The lowest BCUT2D eigenvalue weighted by Gasteiger charge is -2.23. The first kappa shape index (κ1) is 13.8.